The monoisotopic (exact) mass is 362 g/mol. The van der Waals surface area contributed by atoms with Crippen molar-refractivity contribution in [2.24, 2.45) is 0 Å². The molecule has 0 spiro atoms. The molecule has 0 aliphatic heterocycles. The number of aromatic nitrogens is 1. The van der Waals surface area contributed by atoms with Gasteiger partial charge in [-0.25, -0.2) is 0 Å². The highest BCUT2D eigenvalue weighted by atomic mass is 35.5. The summed E-state index contributed by atoms with van der Waals surface area (Å²) in [7, 11) is 0. The first-order valence-electron chi connectivity index (χ1n) is 8.22. The molecule has 1 N–H and O–H groups in total. The Hall–Kier alpha value is -2.11. The number of amides is 1. The van der Waals surface area contributed by atoms with Gasteiger partial charge in [-0.3, -0.25) is 9.59 Å². The van der Waals surface area contributed by atoms with E-state index in [1.807, 2.05) is 25.3 Å². The molecule has 2 rings (SSSR count). The molecule has 0 atom stereocenters. The van der Waals surface area contributed by atoms with Crippen molar-refractivity contribution in [2.45, 2.75) is 34.2 Å². The number of carbonyl (C=O) groups is 1. The SMILES string of the molecule is CCOCCn1c(C)cc(=O)c(C(=O)Nc2cccc(Cl)c2C)c1C. The lowest BCUT2D eigenvalue weighted by Gasteiger charge is -2.18. The minimum Gasteiger partial charge on any atom is -0.380 e. The average Bonchev–Trinajstić information content (AvgIpc) is 2.54. The van der Waals surface area contributed by atoms with Crippen LogP contribution >= 0.6 is 11.6 Å². The maximum Gasteiger partial charge on any atom is 0.261 e. The molecular formula is C19H23ClN2O3. The molecule has 134 valence electrons. The van der Waals surface area contributed by atoms with Crippen LogP contribution in [0, 0.1) is 20.8 Å². The summed E-state index contributed by atoms with van der Waals surface area (Å²) in [5, 5.41) is 3.36. The van der Waals surface area contributed by atoms with Crippen LogP contribution in [-0.2, 0) is 11.3 Å². The van der Waals surface area contributed by atoms with Crippen molar-refractivity contribution in [1.29, 1.82) is 0 Å². The fourth-order valence-corrected chi connectivity index (χ4v) is 2.94. The number of ether oxygens (including phenoxy) is 1. The number of pyridine rings is 1. The number of carbonyl (C=O) groups excluding carboxylic acids is 1. The summed E-state index contributed by atoms with van der Waals surface area (Å²) in [4.78, 5) is 25.1. The van der Waals surface area contributed by atoms with Crippen molar-refractivity contribution in [2.75, 3.05) is 18.5 Å². The van der Waals surface area contributed by atoms with Gasteiger partial charge in [0.2, 0.25) is 0 Å². The minimum atomic E-state index is -0.432. The minimum absolute atomic E-state index is 0.140. The highest BCUT2D eigenvalue weighted by molar-refractivity contribution is 6.31. The summed E-state index contributed by atoms with van der Waals surface area (Å²) in [6.07, 6.45) is 0. The summed E-state index contributed by atoms with van der Waals surface area (Å²) >= 11 is 6.09. The number of nitrogens with zero attached hydrogens (tertiary/aromatic N) is 1. The summed E-state index contributed by atoms with van der Waals surface area (Å²) in [6.45, 7) is 9.11. The van der Waals surface area contributed by atoms with E-state index in [0.29, 0.717) is 36.2 Å². The largest absolute Gasteiger partial charge is 0.380 e. The molecule has 0 bridgehead atoms. The molecule has 0 unspecified atom stereocenters. The van der Waals surface area contributed by atoms with E-state index in [0.717, 1.165) is 11.3 Å². The van der Waals surface area contributed by atoms with Gasteiger partial charge in [-0.15, -0.1) is 0 Å². The Morgan fingerprint density at radius 2 is 2.00 bits per heavy atom. The number of nitrogens with one attached hydrogen (secondary N) is 1. The van der Waals surface area contributed by atoms with Crippen molar-refractivity contribution in [3.05, 3.63) is 62.0 Å². The molecule has 1 heterocycles. The summed E-state index contributed by atoms with van der Waals surface area (Å²) in [6, 6.07) is 6.76. The number of anilines is 1. The van der Waals surface area contributed by atoms with E-state index < -0.39 is 5.91 Å². The van der Waals surface area contributed by atoms with Crippen LogP contribution in [-0.4, -0.2) is 23.7 Å². The Morgan fingerprint density at radius 3 is 2.68 bits per heavy atom. The van der Waals surface area contributed by atoms with Crippen molar-refractivity contribution in [1.82, 2.24) is 4.57 Å². The number of aryl methyl sites for hydroxylation is 1. The molecule has 5 nitrogen and oxygen atoms in total. The molecule has 0 aliphatic rings. The van der Waals surface area contributed by atoms with Crippen LogP contribution in [0.25, 0.3) is 0 Å². The lowest BCUT2D eigenvalue weighted by Crippen LogP contribution is -2.28. The van der Waals surface area contributed by atoms with Gasteiger partial charge in [0, 0.05) is 41.3 Å². The van der Waals surface area contributed by atoms with Gasteiger partial charge in [-0.05, 0) is 45.4 Å². The van der Waals surface area contributed by atoms with Gasteiger partial charge in [0.1, 0.15) is 5.56 Å². The smallest absolute Gasteiger partial charge is 0.261 e. The molecular weight excluding hydrogens is 340 g/mol. The first-order chi connectivity index (χ1) is 11.9. The van der Waals surface area contributed by atoms with Gasteiger partial charge in [0.15, 0.2) is 5.43 Å². The van der Waals surface area contributed by atoms with E-state index in [-0.39, 0.29) is 11.0 Å². The van der Waals surface area contributed by atoms with Crippen molar-refractivity contribution in [3.63, 3.8) is 0 Å². The molecule has 0 fully saturated rings. The Bertz CT molecular complexity index is 843. The average molecular weight is 363 g/mol. The maximum atomic E-state index is 12.7. The van der Waals surface area contributed by atoms with Gasteiger partial charge in [0.25, 0.3) is 5.91 Å². The molecule has 0 aliphatic carbocycles. The Morgan fingerprint density at radius 1 is 1.28 bits per heavy atom. The van der Waals surface area contributed by atoms with Crippen LogP contribution in [0.3, 0.4) is 0 Å². The van der Waals surface area contributed by atoms with Gasteiger partial charge in [-0.2, -0.15) is 0 Å². The van der Waals surface area contributed by atoms with Crippen LogP contribution in [0.1, 0.15) is 34.2 Å². The van der Waals surface area contributed by atoms with Crippen LogP contribution in [0.2, 0.25) is 5.02 Å². The van der Waals surface area contributed by atoms with Crippen LogP contribution in [0.5, 0.6) is 0 Å². The van der Waals surface area contributed by atoms with E-state index in [9.17, 15) is 9.59 Å². The molecule has 1 amide bonds. The number of hydrogen-bond donors (Lipinski definition) is 1. The lowest BCUT2D eigenvalue weighted by atomic mass is 10.1. The molecule has 1 aromatic heterocycles. The number of benzene rings is 1. The van der Waals surface area contributed by atoms with Crippen LogP contribution < -0.4 is 10.7 Å². The second-order valence-corrected chi connectivity index (χ2v) is 6.23. The van der Waals surface area contributed by atoms with Crippen LogP contribution in [0.15, 0.2) is 29.1 Å². The topological polar surface area (TPSA) is 60.3 Å². The molecule has 6 heteroatoms. The van der Waals surface area contributed by atoms with Crippen molar-refractivity contribution >= 4 is 23.2 Å². The molecule has 0 radical (unpaired) electrons. The highest BCUT2D eigenvalue weighted by Gasteiger charge is 2.18. The van der Waals surface area contributed by atoms with Gasteiger partial charge < -0.3 is 14.6 Å². The third-order valence-corrected chi connectivity index (χ3v) is 4.59. The number of hydrogen-bond acceptors (Lipinski definition) is 3. The fraction of sp³-hybridized carbons (Fsp3) is 0.368. The quantitative estimate of drug-likeness (QED) is 0.797. The summed E-state index contributed by atoms with van der Waals surface area (Å²) in [5.74, 6) is -0.432. The second kappa shape index (κ2) is 8.32. The zero-order valence-electron chi connectivity index (χ0n) is 15.0. The normalized spacial score (nSPS) is 10.8. The number of halogens is 1. The Labute approximate surface area is 152 Å². The Kier molecular flexibility index (Phi) is 6.39. The maximum absolute atomic E-state index is 12.7. The van der Waals surface area contributed by atoms with Gasteiger partial charge in [-0.1, -0.05) is 17.7 Å². The molecule has 0 saturated heterocycles. The third kappa shape index (κ3) is 4.30. The van der Waals surface area contributed by atoms with Gasteiger partial charge in [0.05, 0.1) is 6.61 Å². The van der Waals surface area contributed by atoms with Crippen molar-refractivity contribution < 1.29 is 9.53 Å². The Balaban J connectivity index is 2.37. The van der Waals surface area contributed by atoms with Crippen molar-refractivity contribution in [3.8, 4) is 0 Å². The third-order valence-electron chi connectivity index (χ3n) is 4.19. The number of rotatable bonds is 6. The predicted octanol–water partition coefficient (Wildman–Crippen LogP) is 3.72. The molecule has 2 aromatic rings. The van der Waals surface area contributed by atoms with E-state index >= 15 is 0 Å². The van der Waals surface area contributed by atoms with E-state index in [2.05, 4.69) is 5.32 Å². The first-order valence-corrected chi connectivity index (χ1v) is 8.59. The zero-order valence-corrected chi connectivity index (χ0v) is 15.7. The highest BCUT2D eigenvalue weighted by Crippen LogP contribution is 2.23. The zero-order chi connectivity index (χ0) is 18.6. The summed E-state index contributed by atoms with van der Waals surface area (Å²) < 4.78 is 7.32. The molecule has 25 heavy (non-hydrogen) atoms. The van der Waals surface area contributed by atoms with E-state index in [1.54, 1.807) is 25.1 Å². The predicted molar refractivity (Wildman–Crippen MR) is 101 cm³/mol. The lowest BCUT2D eigenvalue weighted by molar-refractivity contribution is 0.102. The molecule has 1 aromatic carbocycles. The van der Waals surface area contributed by atoms with Gasteiger partial charge >= 0.3 is 0 Å². The standard InChI is InChI=1S/C19H23ClN2O3/c1-5-25-10-9-22-12(2)11-17(23)18(14(22)4)19(24)21-16-8-6-7-15(20)13(16)3/h6-8,11H,5,9-10H2,1-4H3,(H,21,24). The second-order valence-electron chi connectivity index (χ2n) is 5.83. The first kappa shape index (κ1) is 19.2. The molecule has 0 saturated carbocycles. The van der Waals surface area contributed by atoms with E-state index in [1.165, 1.54) is 6.07 Å². The van der Waals surface area contributed by atoms with E-state index in [4.69, 9.17) is 16.3 Å². The summed E-state index contributed by atoms with van der Waals surface area (Å²) in [5.41, 5.74) is 2.64. The van der Waals surface area contributed by atoms with Crippen LogP contribution in [0.4, 0.5) is 5.69 Å². The fourth-order valence-electron chi connectivity index (χ4n) is 2.77.